The van der Waals surface area contributed by atoms with Crippen LogP contribution in [0.25, 0.3) is 10.2 Å². The van der Waals surface area contributed by atoms with E-state index in [9.17, 15) is 9.59 Å². The standard InChI is InChI=1S/C20H24N4O3S2/c1-12-4-5-15-16(8-12)29-18-17(15)19(26)23(11-21-18)9-14-10-28-20(22-14)24(13(2)25)6-7-27-3/h10-12H,4-9H2,1-3H3. The molecule has 1 atom stereocenters. The molecule has 0 fully saturated rings. The molecule has 1 amide bonds. The highest BCUT2D eigenvalue weighted by molar-refractivity contribution is 7.18. The van der Waals surface area contributed by atoms with E-state index in [0.29, 0.717) is 30.7 Å². The predicted molar refractivity (Wildman–Crippen MR) is 116 cm³/mol. The molecule has 9 heteroatoms. The van der Waals surface area contributed by atoms with Crippen LogP contribution in [-0.2, 0) is 28.9 Å². The van der Waals surface area contributed by atoms with E-state index in [1.54, 1.807) is 34.2 Å². The Hall–Kier alpha value is -2.10. The number of amides is 1. The number of thiophene rings is 1. The number of methoxy groups -OCH3 is 1. The second-order valence-corrected chi connectivity index (χ2v) is 9.41. The van der Waals surface area contributed by atoms with Gasteiger partial charge in [-0.1, -0.05) is 6.92 Å². The van der Waals surface area contributed by atoms with Crippen molar-refractivity contribution in [3.63, 3.8) is 0 Å². The summed E-state index contributed by atoms with van der Waals surface area (Å²) in [6.45, 7) is 5.01. The lowest BCUT2D eigenvalue weighted by atomic mass is 9.89. The zero-order valence-electron chi connectivity index (χ0n) is 16.8. The Morgan fingerprint density at radius 2 is 2.28 bits per heavy atom. The molecule has 0 saturated heterocycles. The number of fused-ring (bicyclic) bond motifs is 3. The third kappa shape index (κ3) is 3.99. The number of aromatic nitrogens is 3. The van der Waals surface area contributed by atoms with Gasteiger partial charge in [0.1, 0.15) is 4.83 Å². The number of carbonyl (C=O) groups is 1. The van der Waals surface area contributed by atoms with Gasteiger partial charge in [0.05, 0.1) is 37.1 Å². The first-order valence-corrected chi connectivity index (χ1v) is 11.4. The number of rotatable bonds is 6. The molecule has 7 nitrogen and oxygen atoms in total. The fraction of sp³-hybridized carbons (Fsp3) is 0.500. The van der Waals surface area contributed by atoms with Gasteiger partial charge in [-0.05, 0) is 30.7 Å². The molecule has 0 spiro atoms. The average Bonchev–Trinajstić information content (AvgIpc) is 3.28. The van der Waals surface area contributed by atoms with Gasteiger partial charge < -0.3 is 4.74 Å². The molecular weight excluding hydrogens is 408 g/mol. The van der Waals surface area contributed by atoms with Crippen molar-refractivity contribution in [3.05, 3.63) is 38.2 Å². The van der Waals surface area contributed by atoms with E-state index in [2.05, 4.69) is 16.9 Å². The summed E-state index contributed by atoms with van der Waals surface area (Å²) >= 11 is 3.05. The highest BCUT2D eigenvalue weighted by atomic mass is 32.1. The molecular formula is C20H24N4O3S2. The number of nitrogens with zero attached hydrogens (tertiary/aromatic N) is 4. The molecule has 0 aromatic carbocycles. The predicted octanol–water partition coefficient (Wildman–Crippen LogP) is 3.09. The first kappa shape index (κ1) is 20.2. The van der Waals surface area contributed by atoms with Crippen LogP contribution in [0.2, 0.25) is 0 Å². The van der Waals surface area contributed by atoms with Crippen LogP contribution in [0.3, 0.4) is 0 Å². The van der Waals surface area contributed by atoms with Crippen LogP contribution in [0.4, 0.5) is 5.13 Å². The Labute approximate surface area is 177 Å². The third-order valence-corrected chi connectivity index (χ3v) is 7.36. The Balaban J connectivity index is 1.62. The van der Waals surface area contributed by atoms with Crippen LogP contribution < -0.4 is 10.5 Å². The van der Waals surface area contributed by atoms with E-state index >= 15 is 0 Å². The van der Waals surface area contributed by atoms with Gasteiger partial charge in [-0.25, -0.2) is 9.97 Å². The molecule has 0 N–H and O–H groups in total. The number of thiazole rings is 1. The molecule has 0 saturated carbocycles. The second-order valence-electron chi connectivity index (χ2n) is 7.49. The van der Waals surface area contributed by atoms with Crippen LogP contribution in [0, 0.1) is 5.92 Å². The number of anilines is 1. The van der Waals surface area contributed by atoms with Gasteiger partial charge in [0, 0.05) is 24.3 Å². The molecule has 0 radical (unpaired) electrons. The van der Waals surface area contributed by atoms with Gasteiger partial charge in [-0.15, -0.1) is 22.7 Å². The van der Waals surface area contributed by atoms with Crippen molar-refractivity contribution in [1.29, 1.82) is 0 Å². The summed E-state index contributed by atoms with van der Waals surface area (Å²) in [6, 6.07) is 0. The molecule has 154 valence electrons. The van der Waals surface area contributed by atoms with Crippen LogP contribution in [0.1, 0.15) is 36.4 Å². The van der Waals surface area contributed by atoms with E-state index in [4.69, 9.17) is 4.74 Å². The molecule has 1 aliphatic rings. The maximum atomic E-state index is 13.2. The Bertz CT molecular complexity index is 1100. The lowest BCUT2D eigenvalue weighted by Gasteiger charge is -2.17. The second kappa shape index (κ2) is 8.33. The molecule has 4 rings (SSSR count). The molecule has 3 aromatic heterocycles. The zero-order valence-corrected chi connectivity index (χ0v) is 18.4. The first-order valence-electron chi connectivity index (χ1n) is 9.69. The average molecular weight is 433 g/mol. The topological polar surface area (TPSA) is 77.3 Å². The number of carbonyl (C=O) groups excluding carboxylic acids is 1. The smallest absolute Gasteiger partial charge is 0.262 e. The summed E-state index contributed by atoms with van der Waals surface area (Å²) in [6.07, 6.45) is 4.71. The van der Waals surface area contributed by atoms with Crippen molar-refractivity contribution in [2.75, 3.05) is 25.2 Å². The molecule has 3 heterocycles. The van der Waals surface area contributed by atoms with Crippen molar-refractivity contribution in [3.8, 4) is 0 Å². The molecule has 1 aliphatic carbocycles. The lowest BCUT2D eigenvalue weighted by Crippen LogP contribution is -2.31. The van der Waals surface area contributed by atoms with Crippen molar-refractivity contribution in [1.82, 2.24) is 14.5 Å². The highest BCUT2D eigenvalue weighted by Gasteiger charge is 2.23. The Morgan fingerprint density at radius 1 is 1.45 bits per heavy atom. The van der Waals surface area contributed by atoms with Gasteiger partial charge in [0.2, 0.25) is 5.91 Å². The van der Waals surface area contributed by atoms with E-state index in [-0.39, 0.29) is 11.5 Å². The number of hydrogen-bond donors (Lipinski definition) is 0. The molecule has 3 aromatic rings. The number of aryl methyl sites for hydroxylation is 1. The van der Waals surface area contributed by atoms with E-state index < -0.39 is 0 Å². The summed E-state index contributed by atoms with van der Waals surface area (Å²) in [5, 5.41) is 3.29. The minimum Gasteiger partial charge on any atom is -0.383 e. The Morgan fingerprint density at radius 3 is 3.03 bits per heavy atom. The summed E-state index contributed by atoms with van der Waals surface area (Å²) in [4.78, 5) is 38.0. The maximum Gasteiger partial charge on any atom is 0.262 e. The summed E-state index contributed by atoms with van der Waals surface area (Å²) in [5.74, 6) is 0.580. The fourth-order valence-corrected chi connectivity index (χ4v) is 5.94. The van der Waals surface area contributed by atoms with Gasteiger partial charge in [0.25, 0.3) is 5.56 Å². The number of hydrogen-bond acceptors (Lipinski definition) is 7. The minimum atomic E-state index is -0.0812. The number of ether oxygens (including phenoxy) is 1. The SMILES string of the molecule is COCCN(C(C)=O)c1nc(Cn2cnc3sc4c(c3c2=O)CCC(C)C4)cs1. The summed E-state index contributed by atoms with van der Waals surface area (Å²) in [7, 11) is 1.60. The fourth-order valence-electron chi connectivity index (χ4n) is 3.72. The molecule has 0 bridgehead atoms. The van der Waals surface area contributed by atoms with Crippen LogP contribution >= 0.6 is 22.7 Å². The molecule has 1 unspecified atom stereocenters. The quantitative estimate of drug-likeness (QED) is 0.598. The van der Waals surface area contributed by atoms with Crippen molar-refractivity contribution in [2.24, 2.45) is 5.92 Å². The normalized spacial score (nSPS) is 16.2. The van der Waals surface area contributed by atoms with E-state index in [0.717, 1.165) is 35.2 Å². The minimum absolute atomic E-state index is 0.000546. The molecule has 0 aliphatic heterocycles. The highest BCUT2D eigenvalue weighted by Crippen LogP contribution is 2.35. The van der Waals surface area contributed by atoms with Gasteiger partial charge in [-0.3, -0.25) is 19.1 Å². The molecule has 29 heavy (non-hydrogen) atoms. The summed E-state index contributed by atoms with van der Waals surface area (Å²) in [5.41, 5.74) is 1.94. The van der Waals surface area contributed by atoms with E-state index in [1.165, 1.54) is 28.7 Å². The van der Waals surface area contributed by atoms with Gasteiger partial charge in [0.15, 0.2) is 5.13 Å². The van der Waals surface area contributed by atoms with Crippen LogP contribution in [-0.4, -0.2) is 40.7 Å². The van der Waals surface area contributed by atoms with Crippen molar-refractivity contribution >= 4 is 43.9 Å². The van der Waals surface area contributed by atoms with Gasteiger partial charge in [-0.2, -0.15) is 0 Å². The van der Waals surface area contributed by atoms with Crippen LogP contribution in [0.15, 0.2) is 16.5 Å². The Kier molecular flexibility index (Phi) is 5.80. The zero-order chi connectivity index (χ0) is 20.5. The van der Waals surface area contributed by atoms with Crippen molar-refractivity contribution in [2.45, 2.75) is 39.7 Å². The monoisotopic (exact) mass is 432 g/mol. The largest absolute Gasteiger partial charge is 0.383 e. The van der Waals surface area contributed by atoms with Crippen LogP contribution in [0.5, 0.6) is 0 Å². The summed E-state index contributed by atoms with van der Waals surface area (Å²) < 4.78 is 6.70. The third-order valence-electron chi connectivity index (χ3n) is 5.28. The first-order chi connectivity index (χ1) is 14.0. The van der Waals surface area contributed by atoms with Gasteiger partial charge >= 0.3 is 0 Å². The lowest BCUT2D eigenvalue weighted by molar-refractivity contribution is -0.116. The van der Waals surface area contributed by atoms with Crippen molar-refractivity contribution < 1.29 is 9.53 Å². The van der Waals surface area contributed by atoms with E-state index in [1.807, 2.05) is 5.38 Å². The maximum absolute atomic E-state index is 13.2.